The Bertz CT molecular complexity index is 910. The number of hydrogen-bond donors (Lipinski definition) is 1. The van der Waals surface area contributed by atoms with E-state index >= 15 is 0 Å². The van der Waals surface area contributed by atoms with Crippen molar-refractivity contribution in [2.45, 2.75) is 13.3 Å². The molecule has 6 nitrogen and oxygen atoms in total. The zero-order chi connectivity index (χ0) is 18.5. The van der Waals surface area contributed by atoms with Gasteiger partial charge in [0.2, 0.25) is 0 Å². The highest BCUT2D eigenvalue weighted by Crippen LogP contribution is 2.27. The number of nitrogens with zero attached hydrogens (tertiary/aromatic N) is 2. The fraction of sp³-hybridized carbons (Fsp3) is 0.167. The molecule has 0 spiro atoms. The van der Waals surface area contributed by atoms with Gasteiger partial charge < -0.3 is 14.6 Å². The molecule has 0 fully saturated rings. The molecule has 0 aliphatic carbocycles. The Morgan fingerprint density at radius 3 is 2.62 bits per heavy atom. The predicted molar refractivity (Wildman–Crippen MR) is 99.7 cm³/mol. The molecule has 0 aliphatic rings. The molecule has 1 aromatic heterocycles. The van der Waals surface area contributed by atoms with Crippen LogP contribution in [0.4, 0.5) is 5.69 Å². The molecule has 1 heterocycles. The third-order valence-electron chi connectivity index (χ3n) is 3.45. The smallest absolute Gasteiger partial charge is 0.262 e. The van der Waals surface area contributed by atoms with Gasteiger partial charge in [0.1, 0.15) is 5.75 Å². The van der Waals surface area contributed by atoms with E-state index in [2.05, 4.69) is 15.5 Å². The van der Waals surface area contributed by atoms with Crippen LogP contribution in [-0.4, -0.2) is 22.7 Å². The molecule has 134 valence electrons. The van der Waals surface area contributed by atoms with Crippen LogP contribution < -0.4 is 10.1 Å². The van der Waals surface area contributed by atoms with Crippen molar-refractivity contribution in [3.8, 4) is 17.2 Å². The lowest BCUT2D eigenvalue weighted by Crippen LogP contribution is -2.20. The van der Waals surface area contributed by atoms with Gasteiger partial charge >= 0.3 is 0 Å². The van der Waals surface area contributed by atoms with Crippen molar-refractivity contribution < 1.29 is 14.1 Å². The first-order chi connectivity index (χ1) is 12.5. The standard InChI is InChI=1S/C18H15Cl2N3O3/c1-2-16-22-18(26-23-16)11-3-6-13(7-4-11)21-17(24)10-25-15-8-5-12(19)9-14(15)20/h3-9H,2,10H2,1H3,(H,21,24). The topological polar surface area (TPSA) is 77.2 Å². The second-order valence-electron chi connectivity index (χ2n) is 5.36. The maximum atomic E-state index is 12.0. The molecule has 2 aromatic carbocycles. The van der Waals surface area contributed by atoms with Gasteiger partial charge in [0.25, 0.3) is 11.8 Å². The minimum Gasteiger partial charge on any atom is -0.482 e. The minimum atomic E-state index is -0.310. The van der Waals surface area contributed by atoms with Crippen molar-refractivity contribution in [2.75, 3.05) is 11.9 Å². The van der Waals surface area contributed by atoms with Crippen LogP contribution in [0.5, 0.6) is 5.75 Å². The van der Waals surface area contributed by atoms with Gasteiger partial charge in [0.05, 0.1) is 5.02 Å². The Labute approximate surface area is 160 Å². The maximum Gasteiger partial charge on any atom is 0.262 e. The van der Waals surface area contributed by atoms with E-state index in [1.807, 2.05) is 6.92 Å². The van der Waals surface area contributed by atoms with E-state index in [0.717, 1.165) is 5.56 Å². The number of anilines is 1. The Hall–Kier alpha value is -2.57. The fourth-order valence-electron chi connectivity index (χ4n) is 2.14. The van der Waals surface area contributed by atoms with E-state index in [4.69, 9.17) is 32.5 Å². The highest BCUT2D eigenvalue weighted by molar-refractivity contribution is 6.35. The van der Waals surface area contributed by atoms with Crippen LogP contribution >= 0.6 is 23.2 Å². The average molecular weight is 392 g/mol. The van der Waals surface area contributed by atoms with E-state index < -0.39 is 0 Å². The summed E-state index contributed by atoms with van der Waals surface area (Å²) in [6, 6.07) is 11.9. The average Bonchev–Trinajstić information content (AvgIpc) is 3.11. The van der Waals surface area contributed by atoms with Gasteiger partial charge in [-0.05, 0) is 42.5 Å². The molecule has 0 saturated heterocycles. The SMILES string of the molecule is CCc1noc(-c2ccc(NC(=O)COc3ccc(Cl)cc3Cl)cc2)n1. The summed E-state index contributed by atoms with van der Waals surface area (Å²) in [5.74, 6) is 1.18. The second-order valence-corrected chi connectivity index (χ2v) is 6.20. The zero-order valence-electron chi connectivity index (χ0n) is 13.8. The van der Waals surface area contributed by atoms with E-state index in [1.54, 1.807) is 42.5 Å². The summed E-state index contributed by atoms with van der Waals surface area (Å²) in [7, 11) is 0. The summed E-state index contributed by atoms with van der Waals surface area (Å²) in [6.45, 7) is 1.78. The van der Waals surface area contributed by atoms with Crippen LogP contribution in [0.15, 0.2) is 47.0 Å². The number of halogens is 2. The van der Waals surface area contributed by atoms with Crippen molar-refractivity contribution in [3.63, 3.8) is 0 Å². The number of carbonyl (C=O) groups excluding carboxylic acids is 1. The van der Waals surface area contributed by atoms with Crippen LogP contribution in [0.3, 0.4) is 0 Å². The molecule has 3 aromatic rings. The van der Waals surface area contributed by atoms with Gasteiger partial charge in [-0.15, -0.1) is 0 Å². The maximum absolute atomic E-state index is 12.0. The van der Waals surface area contributed by atoms with Crippen LogP contribution in [-0.2, 0) is 11.2 Å². The van der Waals surface area contributed by atoms with Gasteiger partial charge in [0, 0.05) is 22.7 Å². The minimum absolute atomic E-state index is 0.174. The summed E-state index contributed by atoms with van der Waals surface area (Å²) < 4.78 is 10.6. The molecule has 26 heavy (non-hydrogen) atoms. The number of nitrogens with one attached hydrogen (secondary N) is 1. The second kappa shape index (κ2) is 8.21. The molecule has 0 atom stereocenters. The summed E-state index contributed by atoms with van der Waals surface area (Å²) in [4.78, 5) is 16.3. The van der Waals surface area contributed by atoms with Crippen molar-refractivity contribution >= 4 is 34.8 Å². The van der Waals surface area contributed by atoms with Gasteiger partial charge in [-0.1, -0.05) is 35.3 Å². The fourth-order valence-corrected chi connectivity index (χ4v) is 2.61. The third kappa shape index (κ3) is 4.53. The van der Waals surface area contributed by atoms with E-state index in [1.165, 1.54) is 0 Å². The molecule has 3 rings (SSSR count). The van der Waals surface area contributed by atoms with Gasteiger partial charge in [-0.2, -0.15) is 4.98 Å². The lowest BCUT2D eigenvalue weighted by Gasteiger charge is -2.09. The molecule has 1 N–H and O–H groups in total. The summed E-state index contributed by atoms with van der Waals surface area (Å²) >= 11 is 11.8. The number of hydrogen-bond acceptors (Lipinski definition) is 5. The van der Waals surface area contributed by atoms with Crippen LogP contribution in [0.1, 0.15) is 12.7 Å². The van der Waals surface area contributed by atoms with Gasteiger partial charge in [-0.25, -0.2) is 0 Å². The summed E-state index contributed by atoms with van der Waals surface area (Å²) in [5, 5.41) is 7.44. The highest BCUT2D eigenvalue weighted by atomic mass is 35.5. The molecular weight excluding hydrogens is 377 g/mol. The Kier molecular flexibility index (Phi) is 5.75. The number of carbonyl (C=O) groups is 1. The molecule has 0 bridgehead atoms. The molecule has 0 saturated carbocycles. The number of aromatic nitrogens is 2. The Balaban J connectivity index is 1.57. The third-order valence-corrected chi connectivity index (χ3v) is 3.98. The van der Waals surface area contributed by atoms with Crippen LogP contribution in [0.2, 0.25) is 10.0 Å². The lowest BCUT2D eigenvalue weighted by molar-refractivity contribution is -0.118. The van der Waals surface area contributed by atoms with E-state index in [-0.39, 0.29) is 12.5 Å². The first kappa shape index (κ1) is 18.2. The molecule has 0 radical (unpaired) electrons. The quantitative estimate of drug-likeness (QED) is 0.662. The highest BCUT2D eigenvalue weighted by Gasteiger charge is 2.09. The van der Waals surface area contributed by atoms with Crippen molar-refractivity contribution in [3.05, 3.63) is 58.3 Å². The lowest BCUT2D eigenvalue weighted by atomic mass is 10.2. The first-order valence-electron chi connectivity index (χ1n) is 7.86. The molecular formula is C18H15Cl2N3O3. The van der Waals surface area contributed by atoms with Crippen molar-refractivity contribution in [2.24, 2.45) is 0 Å². The number of aryl methyl sites for hydroxylation is 1. The largest absolute Gasteiger partial charge is 0.482 e. The van der Waals surface area contributed by atoms with Gasteiger partial charge in [-0.3, -0.25) is 4.79 Å². The van der Waals surface area contributed by atoms with Crippen LogP contribution in [0.25, 0.3) is 11.5 Å². The molecule has 1 amide bonds. The van der Waals surface area contributed by atoms with Crippen LogP contribution in [0, 0.1) is 0 Å². The van der Waals surface area contributed by atoms with Gasteiger partial charge in [0.15, 0.2) is 12.4 Å². The Morgan fingerprint density at radius 2 is 1.96 bits per heavy atom. The predicted octanol–water partition coefficient (Wildman–Crippen LogP) is 4.62. The number of amides is 1. The number of ether oxygens (including phenoxy) is 1. The number of benzene rings is 2. The monoisotopic (exact) mass is 391 g/mol. The summed E-state index contributed by atoms with van der Waals surface area (Å²) in [6.07, 6.45) is 0.704. The normalized spacial score (nSPS) is 10.6. The number of rotatable bonds is 6. The molecule has 0 unspecified atom stereocenters. The van der Waals surface area contributed by atoms with E-state index in [9.17, 15) is 4.79 Å². The van der Waals surface area contributed by atoms with Crippen molar-refractivity contribution in [1.82, 2.24) is 10.1 Å². The molecule has 8 heteroatoms. The Morgan fingerprint density at radius 1 is 1.19 bits per heavy atom. The summed E-state index contributed by atoms with van der Waals surface area (Å²) in [5.41, 5.74) is 1.40. The van der Waals surface area contributed by atoms with E-state index in [0.29, 0.717) is 39.6 Å². The van der Waals surface area contributed by atoms with Crippen molar-refractivity contribution in [1.29, 1.82) is 0 Å². The molecule has 0 aliphatic heterocycles. The first-order valence-corrected chi connectivity index (χ1v) is 8.61. The zero-order valence-corrected chi connectivity index (χ0v) is 15.3.